The van der Waals surface area contributed by atoms with Gasteiger partial charge < -0.3 is 5.32 Å². The van der Waals surface area contributed by atoms with Crippen molar-refractivity contribution in [1.29, 1.82) is 0 Å². The summed E-state index contributed by atoms with van der Waals surface area (Å²) < 4.78 is 37.8. The second-order valence-corrected chi connectivity index (χ2v) is 5.25. The zero-order valence-electron chi connectivity index (χ0n) is 12.2. The molecule has 0 saturated carbocycles. The minimum Gasteiger partial charge on any atom is -0.350 e. The first kappa shape index (κ1) is 16.1. The molecule has 22 heavy (non-hydrogen) atoms. The molecule has 0 unspecified atom stereocenters. The molecule has 1 N–H and O–H groups in total. The molecule has 2 nitrogen and oxygen atoms in total. The Morgan fingerprint density at radius 3 is 2.14 bits per heavy atom. The molecule has 5 heteroatoms. The third-order valence-electron chi connectivity index (χ3n) is 3.11. The van der Waals surface area contributed by atoms with E-state index < -0.39 is 11.7 Å². The normalized spacial score (nSPS) is 11.5. The molecule has 0 aromatic heterocycles. The minimum absolute atomic E-state index is 0.0202. The van der Waals surface area contributed by atoms with Gasteiger partial charge in [0.25, 0.3) is 5.91 Å². The molecular formula is C17H16F3NO. The highest BCUT2D eigenvalue weighted by Crippen LogP contribution is 2.31. The first-order valence-corrected chi connectivity index (χ1v) is 6.86. The maximum absolute atomic E-state index is 12.6. The average molecular weight is 307 g/mol. The Balaban J connectivity index is 2.39. The standard InChI is InChI=1S/C17H16F3NO/c1-11(2)21-16(22)15-6-4-3-5-14(15)12-7-9-13(10-8-12)17(18,19)20/h3-11H,1-2H3,(H,21,22). The molecule has 0 saturated heterocycles. The van der Waals surface area contributed by atoms with Gasteiger partial charge in [0.05, 0.1) is 5.56 Å². The van der Waals surface area contributed by atoms with E-state index in [1.54, 1.807) is 24.3 Å². The van der Waals surface area contributed by atoms with E-state index in [2.05, 4.69) is 5.32 Å². The molecule has 0 bridgehead atoms. The van der Waals surface area contributed by atoms with Gasteiger partial charge in [-0.05, 0) is 43.2 Å². The van der Waals surface area contributed by atoms with E-state index in [0.717, 1.165) is 12.1 Å². The summed E-state index contributed by atoms with van der Waals surface area (Å²) >= 11 is 0. The van der Waals surface area contributed by atoms with Crippen molar-refractivity contribution < 1.29 is 18.0 Å². The summed E-state index contributed by atoms with van der Waals surface area (Å²) in [7, 11) is 0. The van der Waals surface area contributed by atoms with Gasteiger partial charge in [0.15, 0.2) is 0 Å². The lowest BCUT2D eigenvalue weighted by Crippen LogP contribution is -2.30. The molecule has 0 heterocycles. The fourth-order valence-electron chi connectivity index (χ4n) is 2.11. The number of hydrogen-bond acceptors (Lipinski definition) is 1. The Bertz CT molecular complexity index is 660. The lowest BCUT2D eigenvalue weighted by molar-refractivity contribution is -0.137. The first-order valence-electron chi connectivity index (χ1n) is 6.86. The molecule has 0 aliphatic rings. The third-order valence-corrected chi connectivity index (χ3v) is 3.11. The van der Waals surface area contributed by atoms with Gasteiger partial charge in [0.1, 0.15) is 0 Å². The monoisotopic (exact) mass is 307 g/mol. The van der Waals surface area contributed by atoms with Crippen molar-refractivity contribution >= 4 is 5.91 Å². The van der Waals surface area contributed by atoms with Crippen molar-refractivity contribution in [2.75, 3.05) is 0 Å². The molecule has 2 rings (SSSR count). The van der Waals surface area contributed by atoms with Crippen LogP contribution in [0.3, 0.4) is 0 Å². The number of amides is 1. The summed E-state index contributed by atoms with van der Waals surface area (Å²) in [5, 5.41) is 2.79. The van der Waals surface area contributed by atoms with Crippen molar-refractivity contribution in [2.24, 2.45) is 0 Å². The van der Waals surface area contributed by atoms with Crippen LogP contribution in [0.2, 0.25) is 0 Å². The van der Waals surface area contributed by atoms with Gasteiger partial charge in [-0.15, -0.1) is 0 Å². The van der Waals surface area contributed by atoms with Gasteiger partial charge in [-0.1, -0.05) is 30.3 Å². The van der Waals surface area contributed by atoms with Crippen LogP contribution in [0.4, 0.5) is 13.2 Å². The summed E-state index contributed by atoms with van der Waals surface area (Å²) in [5.74, 6) is -0.245. The van der Waals surface area contributed by atoms with Gasteiger partial charge in [0, 0.05) is 11.6 Å². The lowest BCUT2D eigenvalue weighted by atomic mass is 9.98. The molecule has 116 valence electrons. The molecule has 0 fully saturated rings. The van der Waals surface area contributed by atoms with E-state index in [0.29, 0.717) is 16.7 Å². The molecule has 2 aromatic carbocycles. The highest BCUT2D eigenvalue weighted by Gasteiger charge is 2.30. The van der Waals surface area contributed by atoms with Gasteiger partial charge in [-0.25, -0.2) is 0 Å². The fraction of sp³-hybridized carbons (Fsp3) is 0.235. The van der Waals surface area contributed by atoms with E-state index >= 15 is 0 Å². The molecule has 0 aliphatic carbocycles. The van der Waals surface area contributed by atoms with E-state index in [4.69, 9.17) is 0 Å². The van der Waals surface area contributed by atoms with Crippen LogP contribution in [-0.2, 0) is 6.18 Å². The zero-order valence-corrected chi connectivity index (χ0v) is 12.2. The Morgan fingerprint density at radius 1 is 1.00 bits per heavy atom. The van der Waals surface area contributed by atoms with Crippen molar-refractivity contribution in [3.8, 4) is 11.1 Å². The first-order chi connectivity index (χ1) is 10.3. The number of hydrogen-bond donors (Lipinski definition) is 1. The molecule has 0 atom stereocenters. The number of halogens is 3. The average Bonchev–Trinajstić information content (AvgIpc) is 2.46. The van der Waals surface area contributed by atoms with Crippen molar-refractivity contribution in [1.82, 2.24) is 5.32 Å². The van der Waals surface area contributed by atoms with Gasteiger partial charge in [-0.3, -0.25) is 4.79 Å². The summed E-state index contributed by atoms with van der Waals surface area (Å²) in [6.07, 6.45) is -4.37. The lowest BCUT2D eigenvalue weighted by Gasteiger charge is -2.13. The Hall–Kier alpha value is -2.30. The number of alkyl halides is 3. The fourth-order valence-corrected chi connectivity index (χ4v) is 2.11. The van der Waals surface area contributed by atoms with Crippen LogP contribution < -0.4 is 5.32 Å². The highest BCUT2D eigenvalue weighted by molar-refractivity contribution is 6.01. The smallest absolute Gasteiger partial charge is 0.350 e. The molecule has 2 aromatic rings. The van der Waals surface area contributed by atoms with E-state index in [-0.39, 0.29) is 11.9 Å². The van der Waals surface area contributed by atoms with Gasteiger partial charge in [-0.2, -0.15) is 13.2 Å². The van der Waals surface area contributed by atoms with Crippen LogP contribution in [0.5, 0.6) is 0 Å². The van der Waals surface area contributed by atoms with Crippen molar-refractivity contribution in [3.05, 3.63) is 59.7 Å². The second kappa shape index (κ2) is 6.22. The molecule has 1 amide bonds. The summed E-state index contributed by atoms with van der Waals surface area (Å²) in [4.78, 5) is 12.2. The van der Waals surface area contributed by atoms with Crippen LogP contribution >= 0.6 is 0 Å². The Labute approximate surface area is 127 Å². The molecule has 0 spiro atoms. The summed E-state index contributed by atoms with van der Waals surface area (Å²) in [5.41, 5.74) is 0.910. The quantitative estimate of drug-likeness (QED) is 0.888. The maximum atomic E-state index is 12.6. The highest BCUT2D eigenvalue weighted by atomic mass is 19.4. The predicted octanol–water partition coefficient (Wildman–Crippen LogP) is 4.51. The van der Waals surface area contributed by atoms with Crippen LogP contribution in [0.1, 0.15) is 29.8 Å². The largest absolute Gasteiger partial charge is 0.416 e. The van der Waals surface area contributed by atoms with Crippen molar-refractivity contribution in [2.45, 2.75) is 26.1 Å². The van der Waals surface area contributed by atoms with Gasteiger partial charge in [0.2, 0.25) is 0 Å². The number of carbonyl (C=O) groups is 1. The number of carbonyl (C=O) groups excluding carboxylic acids is 1. The maximum Gasteiger partial charge on any atom is 0.416 e. The van der Waals surface area contributed by atoms with Gasteiger partial charge >= 0.3 is 6.18 Å². The number of benzene rings is 2. The van der Waals surface area contributed by atoms with E-state index in [9.17, 15) is 18.0 Å². The number of rotatable bonds is 3. The summed E-state index contributed by atoms with van der Waals surface area (Å²) in [6, 6.07) is 11.6. The molecular weight excluding hydrogens is 291 g/mol. The van der Waals surface area contributed by atoms with E-state index in [1.807, 2.05) is 13.8 Å². The summed E-state index contributed by atoms with van der Waals surface area (Å²) in [6.45, 7) is 3.69. The second-order valence-electron chi connectivity index (χ2n) is 5.25. The molecule has 0 aliphatic heterocycles. The zero-order chi connectivity index (χ0) is 16.3. The topological polar surface area (TPSA) is 29.1 Å². The molecule has 0 radical (unpaired) electrons. The number of nitrogens with one attached hydrogen (secondary N) is 1. The van der Waals surface area contributed by atoms with Crippen LogP contribution in [0.15, 0.2) is 48.5 Å². The van der Waals surface area contributed by atoms with Crippen LogP contribution in [-0.4, -0.2) is 11.9 Å². The minimum atomic E-state index is -4.37. The SMILES string of the molecule is CC(C)NC(=O)c1ccccc1-c1ccc(C(F)(F)F)cc1. The van der Waals surface area contributed by atoms with Crippen molar-refractivity contribution in [3.63, 3.8) is 0 Å². The Morgan fingerprint density at radius 2 is 1.59 bits per heavy atom. The third kappa shape index (κ3) is 3.67. The van der Waals surface area contributed by atoms with Crippen LogP contribution in [0, 0.1) is 0 Å². The van der Waals surface area contributed by atoms with E-state index in [1.165, 1.54) is 12.1 Å². The Kier molecular flexibility index (Phi) is 4.54. The predicted molar refractivity (Wildman–Crippen MR) is 79.5 cm³/mol. The van der Waals surface area contributed by atoms with Crippen LogP contribution in [0.25, 0.3) is 11.1 Å².